The Hall–Kier alpha value is -2.61. The zero-order valence-corrected chi connectivity index (χ0v) is 14.3. The Kier molecular flexibility index (Phi) is 4.39. The van der Waals surface area contributed by atoms with E-state index in [0.717, 1.165) is 23.0 Å². The van der Waals surface area contributed by atoms with Crippen LogP contribution in [0.15, 0.2) is 34.3 Å². The van der Waals surface area contributed by atoms with Crippen LogP contribution in [0.1, 0.15) is 11.1 Å². The van der Waals surface area contributed by atoms with E-state index >= 15 is 0 Å². The molecule has 0 aliphatic carbocycles. The van der Waals surface area contributed by atoms with E-state index in [9.17, 15) is 9.59 Å². The molecule has 2 heterocycles. The molecule has 0 spiro atoms. The number of H-pyrrole nitrogens is 1. The van der Waals surface area contributed by atoms with Crippen LogP contribution in [0, 0.1) is 13.8 Å². The van der Waals surface area contributed by atoms with E-state index in [0.29, 0.717) is 16.2 Å². The lowest BCUT2D eigenvalue weighted by molar-refractivity contribution is -0.137. The fourth-order valence-corrected chi connectivity index (χ4v) is 2.89. The van der Waals surface area contributed by atoms with Gasteiger partial charge < -0.3 is 9.72 Å². The largest absolute Gasteiger partial charge is 0.468 e. The third kappa shape index (κ3) is 3.05. The number of ether oxygens (including phenoxy) is 1. The summed E-state index contributed by atoms with van der Waals surface area (Å²) < 4.78 is 6.22. The molecule has 0 unspecified atom stereocenters. The highest BCUT2D eigenvalue weighted by molar-refractivity contribution is 7.99. The van der Waals surface area contributed by atoms with Crippen molar-refractivity contribution in [2.45, 2.75) is 19.0 Å². The summed E-state index contributed by atoms with van der Waals surface area (Å²) in [6, 6.07) is 5.92. The van der Waals surface area contributed by atoms with E-state index in [4.69, 9.17) is 0 Å². The van der Waals surface area contributed by atoms with Gasteiger partial charge in [-0.05, 0) is 37.1 Å². The lowest BCUT2D eigenvalue weighted by atomic mass is 10.1. The normalized spacial score (nSPS) is 11.0. The molecule has 124 valence electrons. The number of rotatable bonds is 4. The number of nitrogens with zero attached hydrogens (tertiary/aromatic N) is 3. The van der Waals surface area contributed by atoms with E-state index in [2.05, 4.69) is 19.8 Å². The van der Waals surface area contributed by atoms with Crippen LogP contribution in [0.3, 0.4) is 0 Å². The Morgan fingerprint density at radius 2 is 2.12 bits per heavy atom. The number of hydrogen-bond donors (Lipinski definition) is 1. The molecule has 1 aromatic carbocycles. The molecule has 0 fully saturated rings. The predicted molar refractivity (Wildman–Crippen MR) is 91.7 cm³/mol. The van der Waals surface area contributed by atoms with Gasteiger partial charge in [0, 0.05) is 0 Å². The van der Waals surface area contributed by atoms with Gasteiger partial charge in [-0.3, -0.25) is 9.59 Å². The minimum atomic E-state index is -0.384. The lowest BCUT2D eigenvalue weighted by Gasteiger charge is -2.07. The van der Waals surface area contributed by atoms with Gasteiger partial charge in [0.15, 0.2) is 10.8 Å². The van der Waals surface area contributed by atoms with Crippen molar-refractivity contribution in [3.63, 3.8) is 0 Å². The second-order valence-corrected chi connectivity index (χ2v) is 6.26. The van der Waals surface area contributed by atoms with Crippen molar-refractivity contribution in [3.8, 4) is 5.69 Å². The number of methoxy groups -OCH3 is 1. The lowest BCUT2D eigenvalue weighted by Crippen LogP contribution is -2.11. The first-order chi connectivity index (χ1) is 11.5. The van der Waals surface area contributed by atoms with Gasteiger partial charge in [-0.1, -0.05) is 17.8 Å². The molecule has 0 bridgehead atoms. The fourth-order valence-electron chi connectivity index (χ4n) is 2.20. The van der Waals surface area contributed by atoms with Crippen molar-refractivity contribution in [1.82, 2.24) is 19.7 Å². The van der Waals surface area contributed by atoms with Crippen molar-refractivity contribution < 1.29 is 9.53 Å². The van der Waals surface area contributed by atoms with Crippen LogP contribution in [0.4, 0.5) is 0 Å². The van der Waals surface area contributed by atoms with Gasteiger partial charge in [-0.15, -0.1) is 0 Å². The minimum absolute atomic E-state index is 0.0721. The van der Waals surface area contributed by atoms with Gasteiger partial charge in [0.25, 0.3) is 5.56 Å². The maximum absolute atomic E-state index is 12.2. The topological polar surface area (TPSA) is 89.9 Å². The third-order valence-electron chi connectivity index (χ3n) is 3.71. The molecule has 0 radical (unpaired) electrons. The van der Waals surface area contributed by atoms with Gasteiger partial charge in [0.1, 0.15) is 5.39 Å². The van der Waals surface area contributed by atoms with Crippen LogP contribution in [0.25, 0.3) is 16.7 Å². The van der Waals surface area contributed by atoms with E-state index < -0.39 is 0 Å². The Bertz CT molecular complexity index is 977. The molecule has 2 aromatic heterocycles. The number of carbonyl (C=O) groups is 1. The number of aromatic amines is 1. The van der Waals surface area contributed by atoms with Gasteiger partial charge in [0.2, 0.25) is 0 Å². The summed E-state index contributed by atoms with van der Waals surface area (Å²) in [4.78, 5) is 30.5. The molecule has 0 saturated carbocycles. The van der Waals surface area contributed by atoms with Gasteiger partial charge in [0.05, 0.1) is 24.7 Å². The van der Waals surface area contributed by atoms with Gasteiger partial charge in [-0.2, -0.15) is 5.10 Å². The molecule has 0 aliphatic rings. The Labute approximate surface area is 142 Å². The van der Waals surface area contributed by atoms with E-state index in [1.807, 2.05) is 32.0 Å². The Balaban J connectivity index is 2.06. The predicted octanol–water partition coefficient (Wildman–Crippen LogP) is 1.99. The Morgan fingerprint density at radius 1 is 1.33 bits per heavy atom. The second kappa shape index (κ2) is 6.48. The molecule has 3 aromatic rings. The maximum atomic E-state index is 12.2. The van der Waals surface area contributed by atoms with Crippen LogP contribution in [0.5, 0.6) is 0 Å². The van der Waals surface area contributed by atoms with Crippen molar-refractivity contribution in [1.29, 1.82) is 0 Å². The van der Waals surface area contributed by atoms with Gasteiger partial charge in [-0.25, -0.2) is 9.67 Å². The van der Waals surface area contributed by atoms with Crippen LogP contribution < -0.4 is 5.56 Å². The molecular weight excluding hydrogens is 328 g/mol. The number of esters is 1. The standard InChI is InChI=1S/C16H16N4O3S/c1-9-4-5-11(6-10(9)2)20-14-12(7-17-20)15(22)19-16(18-14)24-8-13(21)23-3/h4-7H,8H2,1-3H3,(H,18,19,22). The Morgan fingerprint density at radius 3 is 2.83 bits per heavy atom. The highest BCUT2D eigenvalue weighted by atomic mass is 32.2. The van der Waals surface area contributed by atoms with E-state index in [1.54, 1.807) is 4.68 Å². The van der Waals surface area contributed by atoms with Crippen LogP contribution >= 0.6 is 11.8 Å². The quantitative estimate of drug-likeness (QED) is 0.442. The summed E-state index contributed by atoms with van der Waals surface area (Å²) in [5, 5.41) is 5.03. The summed E-state index contributed by atoms with van der Waals surface area (Å²) in [5.41, 5.74) is 3.29. The SMILES string of the molecule is COC(=O)CSc1nc2c(cnn2-c2ccc(C)c(C)c2)c(=O)[nH]1. The molecule has 7 nitrogen and oxygen atoms in total. The summed E-state index contributed by atoms with van der Waals surface area (Å²) in [6.07, 6.45) is 1.49. The van der Waals surface area contributed by atoms with E-state index in [1.165, 1.54) is 18.9 Å². The number of benzene rings is 1. The number of hydrogen-bond acceptors (Lipinski definition) is 6. The zero-order valence-electron chi connectivity index (χ0n) is 13.5. The van der Waals surface area contributed by atoms with Gasteiger partial charge >= 0.3 is 5.97 Å². The smallest absolute Gasteiger partial charge is 0.316 e. The average Bonchev–Trinajstić information content (AvgIpc) is 2.99. The first kappa shape index (κ1) is 16.3. The second-order valence-electron chi connectivity index (χ2n) is 5.30. The number of fused-ring (bicyclic) bond motifs is 1. The summed E-state index contributed by atoms with van der Waals surface area (Å²) >= 11 is 1.11. The number of carbonyl (C=O) groups excluding carboxylic acids is 1. The molecule has 8 heteroatoms. The molecule has 0 aliphatic heterocycles. The minimum Gasteiger partial charge on any atom is -0.468 e. The molecule has 3 rings (SSSR count). The summed E-state index contributed by atoms with van der Waals surface area (Å²) in [5.74, 6) is -0.312. The number of aromatic nitrogens is 4. The molecule has 0 amide bonds. The van der Waals surface area contributed by atoms with Crippen molar-refractivity contribution in [3.05, 3.63) is 45.9 Å². The van der Waals surface area contributed by atoms with Crippen molar-refractivity contribution >= 4 is 28.8 Å². The average molecular weight is 344 g/mol. The first-order valence-corrected chi connectivity index (χ1v) is 8.23. The summed E-state index contributed by atoms with van der Waals surface area (Å²) in [6.45, 7) is 4.05. The van der Waals surface area contributed by atoms with E-state index in [-0.39, 0.29) is 17.3 Å². The highest BCUT2D eigenvalue weighted by Gasteiger charge is 2.13. The molecule has 0 saturated heterocycles. The number of thioether (sulfide) groups is 1. The molecule has 0 atom stereocenters. The monoisotopic (exact) mass is 344 g/mol. The van der Waals surface area contributed by atoms with Crippen molar-refractivity contribution in [2.24, 2.45) is 0 Å². The van der Waals surface area contributed by atoms with Crippen LogP contribution in [-0.2, 0) is 9.53 Å². The third-order valence-corrected chi connectivity index (χ3v) is 4.55. The maximum Gasteiger partial charge on any atom is 0.316 e. The fraction of sp³-hybridized carbons (Fsp3) is 0.250. The zero-order chi connectivity index (χ0) is 17.3. The van der Waals surface area contributed by atoms with Crippen LogP contribution in [0.2, 0.25) is 0 Å². The number of aryl methyl sites for hydroxylation is 2. The highest BCUT2D eigenvalue weighted by Crippen LogP contribution is 2.19. The molecular formula is C16H16N4O3S. The molecule has 1 N–H and O–H groups in total. The number of nitrogens with one attached hydrogen (secondary N) is 1. The summed E-state index contributed by atoms with van der Waals surface area (Å²) in [7, 11) is 1.32. The first-order valence-electron chi connectivity index (χ1n) is 7.25. The van der Waals surface area contributed by atoms with Crippen LogP contribution in [-0.4, -0.2) is 38.6 Å². The molecule has 24 heavy (non-hydrogen) atoms. The van der Waals surface area contributed by atoms with Crippen molar-refractivity contribution in [2.75, 3.05) is 12.9 Å².